The van der Waals surface area contributed by atoms with Crippen molar-refractivity contribution in [3.63, 3.8) is 0 Å². The van der Waals surface area contributed by atoms with Gasteiger partial charge in [0, 0.05) is 5.39 Å². The highest BCUT2D eigenvalue weighted by atomic mass is 32.2. The van der Waals surface area contributed by atoms with Gasteiger partial charge in [0.1, 0.15) is 11.2 Å². The van der Waals surface area contributed by atoms with Crippen LogP contribution >= 0.6 is 0 Å². The molecule has 25 heavy (non-hydrogen) atoms. The van der Waals surface area contributed by atoms with Crippen molar-refractivity contribution in [1.29, 1.82) is 0 Å². The third kappa shape index (κ3) is 4.38. The number of benzene rings is 1. The Morgan fingerprint density at radius 1 is 1.12 bits per heavy atom. The van der Waals surface area contributed by atoms with Crippen molar-refractivity contribution in [1.82, 2.24) is 4.98 Å². The predicted octanol–water partition coefficient (Wildman–Crippen LogP) is 3.42. The second-order valence-electron chi connectivity index (χ2n) is 6.02. The van der Waals surface area contributed by atoms with Gasteiger partial charge in [-0.1, -0.05) is 18.2 Å². The molecule has 1 aromatic carbocycles. The number of nitrogens with zero attached hydrogens (tertiary/aromatic N) is 1. The first-order valence-corrected chi connectivity index (χ1v) is 8.35. The van der Waals surface area contributed by atoms with Crippen LogP contribution < -0.4 is 4.18 Å². The summed E-state index contributed by atoms with van der Waals surface area (Å²) in [5.74, 6) is -2.05. The molecule has 0 aliphatic heterocycles. The minimum Gasteiger partial charge on any atom is -0.456 e. The summed E-state index contributed by atoms with van der Waals surface area (Å²) < 4.78 is 69.5. The summed E-state index contributed by atoms with van der Waals surface area (Å²) in [5, 5.41) is 0.403. The largest absolute Gasteiger partial charge is 0.534 e. The van der Waals surface area contributed by atoms with E-state index in [1.54, 1.807) is 39.0 Å². The van der Waals surface area contributed by atoms with Crippen LogP contribution in [0.3, 0.4) is 0 Å². The van der Waals surface area contributed by atoms with Gasteiger partial charge in [-0.3, -0.25) is 0 Å². The number of hydrogen-bond donors (Lipinski definition) is 0. The second kappa shape index (κ2) is 6.17. The minimum absolute atomic E-state index is 0.155. The lowest BCUT2D eigenvalue weighted by Gasteiger charge is -2.20. The molecule has 0 aliphatic rings. The van der Waals surface area contributed by atoms with Crippen LogP contribution in [-0.2, 0) is 14.9 Å². The molecule has 0 N–H and O–H groups in total. The first-order valence-electron chi connectivity index (χ1n) is 6.94. The van der Waals surface area contributed by atoms with Gasteiger partial charge in [-0.2, -0.15) is 21.6 Å². The number of alkyl halides is 3. The molecule has 0 atom stereocenters. The van der Waals surface area contributed by atoms with E-state index in [1.165, 1.54) is 6.07 Å². The minimum atomic E-state index is -5.99. The highest BCUT2D eigenvalue weighted by Gasteiger charge is 2.49. The highest BCUT2D eigenvalue weighted by Crippen LogP contribution is 2.30. The number of esters is 1. The van der Waals surface area contributed by atoms with Crippen molar-refractivity contribution in [2.45, 2.75) is 31.9 Å². The smallest absolute Gasteiger partial charge is 0.456 e. The molecule has 0 aliphatic carbocycles. The molecule has 2 rings (SSSR count). The van der Waals surface area contributed by atoms with Crippen LogP contribution in [0.25, 0.3) is 10.9 Å². The van der Waals surface area contributed by atoms with Crippen molar-refractivity contribution < 1.29 is 35.3 Å². The van der Waals surface area contributed by atoms with Crippen molar-refractivity contribution in [2.75, 3.05) is 0 Å². The Morgan fingerprint density at radius 2 is 1.72 bits per heavy atom. The van der Waals surface area contributed by atoms with Gasteiger partial charge in [-0.25, -0.2) is 9.78 Å². The molecule has 0 bridgehead atoms. The summed E-state index contributed by atoms with van der Waals surface area (Å²) in [5.41, 5.74) is -6.99. The summed E-state index contributed by atoms with van der Waals surface area (Å²) in [6, 6.07) is 7.32. The van der Waals surface area contributed by atoms with E-state index >= 15 is 0 Å². The molecule has 2 aromatic rings. The van der Waals surface area contributed by atoms with Crippen LogP contribution in [0.5, 0.6) is 5.88 Å². The molecule has 6 nitrogen and oxygen atoms in total. The van der Waals surface area contributed by atoms with Crippen LogP contribution in [0.2, 0.25) is 0 Å². The maximum Gasteiger partial charge on any atom is 0.534 e. The number of hydrogen-bond acceptors (Lipinski definition) is 6. The van der Waals surface area contributed by atoms with Gasteiger partial charge in [-0.05, 0) is 32.9 Å². The Bertz CT molecular complexity index is 917. The average Bonchev–Trinajstić information content (AvgIpc) is 2.43. The molecule has 0 amide bonds. The Balaban J connectivity index is 2.60. The van der Waals surface area contributed by atoms with Crippen molar-refractivity contribution in [3.8, 4) is 5.88 Å². The van der Waals surface area contributed by atoms with Crippen LogP contribution in [0, 0.1) is 0 Å². The monoisotopic (exact) mass is 377 g/mol. The van der Waals surface area contributed by atoms with E-state index in [0.717, 1.165) is 6.07 Å². The zero-order chi connectivity index (χ0) is 19.0. The average molecular weight is 377 g/mol. The van der Waals surface area contributed by atoms with Gasteiger partial charge >= 0.3 is 21.6 Å². The second-order valence-corrected chi connectivity index (χ2v) is 7.56. The molecule has 1 heterocycles. The lowest BCUT2D eigenvalue weighted by atomic mass is 10.1. The number of para-hydroxylation sites is 1. The molecule has 1 aromatic heterocycles. The quantitative estimate of drug-likeness (QED) is 0.463. The fraction of sp³-hybridized carbons (Fsp3) is 0.333. The van der Waals surface area contributed by atoms with Crippen LogP contribution in [0.4, 0.5) is 13.2 Å². The number of pyridine rings is 1. The number of rotatable bonds is 3. The third-order valence-corrected chi connectivity index (χ3v) is 3.72. The number of halogens is 3. The summed E-state index contributed by atoms with van der Waals surface area (Å²) >= 11 is 0. The number of carbonyl (C=O) groups is 1. The maximum absolute atomic E-state index is 12.6. The van der Waals surface area contributed by atoms with E-state index < -0.39 is 38.6 Å². The Hall–Kier alpha value is -2.36. The number of fused-ring (bicyclic) bond motifs is 1. The molecule has 136 valence electrons. The molecular weight excluding hydrogens is 363 g/mol. The van der Waals surface area contributed by atoms with E-state index in [9.17, 15) is 26.4 Å². The number of ether oxygens (including phenoxy) is 1. The zero-order valence-electron chi connectivity index (χ0n) is 13.4. The Labute approximate surface area is 141 Å². The van der Waals surface area contributed by atoms with E-state index in [4.69, 9.17) is 4.74 Å². The van der Waals surface area contributed by atoms with Gasteiger partial charge in [0.05, 0.1) is 5.52 Å². The Morgan fingerprint density at radius 3 is 2.28 bits per heavy atom. The number of aromatic nitrogens is 1. The standard InChI is InChI=1S/C15H14F3NO5S/c1-14(2,3)23-13(20)10-8-9-6-4-5-7-11(9)19-12(10)24-25(21,22)15(16,17)18/h4-8H,1-3H3. The molecule has 0 fully saturated rings. The molecule has 0 spiro atoms. The van der Waals surface area contributed by atoms with Gasteiger partial charge in [-0.15, -0.1) is 0 Å². The van der Waals surface area contributed by atoms with Gasteiger partial charge in [0.15, 0.2) is 0 Å². The normalized spacial score (nSPS) is 12.9. The zero-order valence-corrected chi connectivity index (χ0v) is 14.2. The Kier molecular flexibility index (Phi) is 4.69. The van der Waals surface area contributed by atoms with Crippen molar-refractivity contribution in [3.05, 3.63) is 35.9 Å². The summed E-state index contributed by atoms with van der Waals surface area (Å²) in [7, 11) is -5.99. The van der Waals surface area contributed by atoms with Crippen LogP contribution in [0.15, 0.2) is 30.3 Å². The van der Waals surface area contributed by atoms with Gasteiger partial charge in [0.25, 0.3) is 0 Å². The fourth-order valence-corrected chi connectivity index (χ4v) is 2.22. The molecule has 0 radical (unpaired) electrons. The maximum atomic E-state index is 12.6. The molecular formula is C15H14F3NO5S. The van der Waals surface area contributed by atoms with Crippen LogP contribution in [-0.4, -0.2) is 30.5 Å². The van der Waals surface area contributed by atoms with Gasteiger partial charge < -0.3 is 8.92 Å². The topological polar surface area (TPSA) is 82.6 Å². The first-order chi connectivity index (χ1) is 11.3. The molecule has 10 heteroatoms. The third-order valence-electron chi connectivity index (χ3n) is 2.78. The van der Waals surface area contributed by atoms with Crippen molar-refractivity contribution >= 4 is 27.0 Å². The molecule has 0 unspecified atom stereocenters. The first kappa shape index (κ1) is 19.0. The fourth-order valence-electron chi connectivity index (χ4n) is 1.79. The van der Waals surface area contributed by atoms with E-state index in [0.29, 0.717) is 5.39 Å². The van der Waals surface area contributed by atoms with E-state index in [-0.39, 0.29) is 5.52 Å². The van der Waals surface area contributed by atoms with E-state index in [2.05, 4.69) is 9.17 Å². The predicted molar refractivity (Wildman–Crippen MR) is 82.5 cm³/mol. The lowest BCUT2D eigenvalue weighted by molar-refractivity contribution is -0.0502. The molecule has 0 saturated heterocycles. The number of carbonyl (C=O) groups excluding carboxylic acids is 1. The van der Waals surface area contributed by atoms with Gasteiger partial charge in [0.2, 0.25) is 5.88 Å². The molecule has 0 saturated carbocycles. The van der Waals surface area contributed by atoms with Crippen LogP contribution in [0.1, 0.15) is 31.1 Å². The highest BCUT2D eigenvalue weighted by molar-refractivity contribution is 7.88. The lowest BCUT2D eigenvalue weighted by Crippen LogP contribution is -2.30. The summed E-state index contributed by atoms with van der Waals surface area (Å²) in [4.78, 5) is 16.0. The summed E-state index contributed by atoms with van der Waals surface area (Å²) in [6.07, 6.45) is 0. The SMILES string of the molecule is CC(C)(C)OC(=O)c1cc2ccccc2nc1OS(=O)(=O)C(F)(F)F. The van der Waals surface area contributed by atoms with Crippen molar-refractivity contribution in [2.24, 2.45) is 0 Å². The summed E-state index contributed by atoms with van der Waals surface area (Å²) in [6.45, 7) is 4.64. The van der Waals surface area contributed by atoms with E-state index in [1.807, 2.05) is 0 Å².